The van der Waals surface area contributed by atoms with Crippen molar-refractivity contribution < 1.29 is 4.74 Å². The molecular weight excluding hydrogens is 330 g/mol. The summed E-state index contributed by atoms with van der Waals surface area (Å²) in [5.74, 6) is 2.36. The molecule has 1 aliphatic heterocycles. The number of allylic oxidation sites excluding steroid dienone is 2. The first-order chi connectivity index (χ1) is 11.9. The summed E-state index contributed by atoms with van der Waals surface area (Å²) >= 11 is 6.01. The van der Waals surface area contributed by atoms with Gasteiger partial charge in [0.2, 0.25) is 0 Å². The average Bonchev–Trinajstić information content (AvgIpc) is 2.56. The Morgan fingerprint density at radius 3 is 2.52 bits per heavy atom. The number of benzene rings is 2. The van der Waals surface area contributed by atoms with Gasteiger partial charge in [0, 0.05) is 34.2 Å². The molecule has 0 N–H and O–H groups in total. The Balaban J connectivity index is 1.82. The number of fused-ring (bicyclic) bond motifs is 1. The van der Waals surface area contributed by atoms with Crippen LogP contribution in [0.15, 0.2) is 64.9 Å². The standard InChI is InChI=1S/C22H22ClNO/c1-14-17-6-4-5-7-19(17)25-20-13-22(2,3)12-18(21(14)20)24-16-10-8-15(23)9-11-16/h4-11,14H,12-13H2,1-3H3/t14-/m0/s1. The summed E-state index contributed by atoms with van der Waals surface area (Å²) in [6.07, 6.45) is 1.89. The summed E-state index contributed by atoms with van der Waals surface area (Å²) in [5, 5.41) is 0.733. The van der Waals surface area contributed by atoms with Crippen LogP contribution in [0.25, 0.3) is 0 Å². The molecule has 0 fully saturated rings. The van der Waals surface area contributed by atoms with Crippen molar-refractivity contribution in [3.63, 3.8) is 0 Å². The lowest BCUT2D eigenvalue weighted by atomic mass is 9.71. The Morgan fingerprint density at radius 2 is 1.76 bits per heavy atom. The molecule has 0 saturated carbocycles. The van der Waals surface area contributed by atoms with E-state index in [1.807, 2.05) is 30.3 Å². The summed E-state index contributed by atoms with van der Waals surface area (Å²) in [4.78, 5) is 4.98. The second kappa shape index (κ2) is 6.03. The predicted octanol–water partition coefficient (Wildman–Crippen LogP) is 6.68. The van der Waals surface area contributed by atoms with Crippen LogP contribution < -0.4 is 4.74 Å². The van der Waals surface area contributed by atoms with Gasteiger partial charge in [-0.2, -0.15) is 0 Å². The molecular formula is C22H22ClNO. The van der Waals surface area contributed by atoms with E-state index in [4.69, 9.17) is 21.3 Å². The smallest absolute Gasteiger partial charge is 0.130 e. The molecule has 3 heteroatoms. The fourth-order valence-electron chi connectivity index (χ4n) is 3.87. The van der Waals surface area contributed by atoms with Gasteiger partial charge in [-0.1, -0.05) is 50.6 Å². The molecule has 0 bridgehead atoms. The van der Waals surface area contributed by atoms with Crippen molar-refractivity contribution in [1.29, 1.82) is 0 Å². The molecule has 0 amide bonds. The summed E-state index contributed by atoms with van der Waals surface area (Å²) in [5.41, 5.74) is 4.71. The largest absolute Gasteiger partial charge is 0.461 e. The monoisotopic (exact) mass is 351 g/mol. The molecule has 1 heterocycles. The zero-order chi connectivity index (χ0) is 17.6. The maximum absolute atomic E-state index is 6.31. The summed E-state index contributed by atoms with van der Waals surface area (Å²) in [7, 11) is 0. The van der Waals surface area contributed by atoms with Crippen LogP contribution in [0.5, 0.6) is 5.75 Å². The molecule has 25 heavy (non-hydrogen) atoms. The van der Waals surface area contributed by atoms with Crippen LogP contribution >= 0.6 is 11.6 Å². The van der Waals surface area contributed by atoms with Crippen molar-refractivity contribution >= 4 is 23.0 Å². The van der Waals surface area contributed by atoms with Gasteiger partial charge >= 0.3 is 0 Å². The molecule has 0 saturated heterocycles. The summed E-state index contributed by atoms with van der Waals surface area (Å²) in [6, 6.07) is 16.1. The van der Waals surface area contributed by atoms with E-state index in [0.717, 1.165) is 40.8 Å². The number of ether oxygens (including phenoxy) is 1. The lowest BCUT2D eigenvalue weighted by molar-refractivity contribution is 0.278. The van der Waals surface area contributed by atoms with Crippen LogP contribution in [0.2, 0.25) is 5.02 Å². The van der Waals surface area contributed by atoms with Crippen LogP contribution in [0.1, 0.15) is 45.1 Å². The Bertz CT molecular complexity index is 877. The van der Waals surface area contributed by atoms with Gasteiger partial charge < -0.3 is 4.74 Å². The van der Waals surface area contributed by atoms with Crippen molar-refractivity contribution in [3.8, 4) is 5.75 Å². The van der Waals surface area contributed by atoms with Crippen LogP contribution in [-0.2, 0) is 0 Å². The van der Waals surface area contributed by atoms with Crippen molar-refractivity contribution in [2.75, 3.05) is 0 Å². The van der Waals surface area contributed by atoms with E-state index in [9.17, 15) is 0 Å². The van der Waals surface area contributed by atoms with Crippen LogP contribution in [0.3, 0.4) is 0 Å². The van der Waals surface area contributed by atoms with E-state index in [1.54, 1.807) is 0 Å². The molecule has 1 aliphatic carbocycles. The van der Waals surface area contributed by atoms with Gasteiger partial charge in [0.25, 0.3) is 0 Å². The third kappa shape index (κ3) is 3.11. The molecule has 2 aromatic rings. The van der Waals surface area contributed by atoms with Gasteiger partial charge in [0.1, 0.15) is 11.5 Å². The van der Waals surface area contributed by atoms with E-state index in [1.165, 1.54) is 11.1 Å². The fourth-order valence-corrected chi connectivity index (χ4v) is 4.00. The second-order valence-corrected chi connectivity index (χ2v) is 8.19. The average molecular weight is 352 g/mol. The Kier molecular flexibility index (Phi) is 3.96. The lowest BCUT2D eigenvalue weighted by Gasteiger charge is -2.39. The van der Waals surface area contributed by atoms with Crippen molar-refractivity contribution in [3.05, 3.63) is 70.4 Å². The maximum atomic E-state index is 6.31. The summed E-state index contributed by atoms with van der Waals surface area (Å²) in [6.45, 7) is 6.82. The highest BCUT2D eigenvalue weighted by Crippen LogP contribution is 2.48. The fraction of sp³-hybridized carbons (Fsp3) is 0.318. The number of hydrogen-bond acceptors (Lipinski definition) is 2. The van der Waals surface area contributed by atoms with Gasteiger partial charge in [-0.05, 0) is 42.2 Å². The van der Waals surface area contributed by atoms with Crippen LogP contribution in [-0.4, -0.2) is 5.71 Å². The second-order valence-electron chi connectivity index (χ2n) is 7.75. The van der Waals surface area contributed by atoms with E-state index in [0.29, 0.717) is 5.92 Å². The Labute approximate surface area is 154 Å². The molecule has 2 aliphatic rings. The van der Waals surface area contributed by atoms with E-state index in [2.05, 4.69) is 39.0 Å². The number of rotatable bonds is 1. The maximum Gasteiger partial charge on any atom is 0.130 e. The van der Waals surface area contributed by atoms with Crippen molar-refractivity contribution in [1.82, 2.24) is 0 Å². The summed E-state index contributed by atoms with van der Waals surface area (Å²) < 4.78 is 6.31. The lowest BCUT2D eigenvalue weighted by Crippen LogP contribution is -2.32. The third-order valence-electron chi connectivity index (χ3n) is 5.04. The van der Waals surface area contributed by atoms with Gasteiger partial charge in [-0.25, -0.2) is 0 Å². The first-order valence-electron chi connectivity index (χ1n) is 8.76. The molecule has 0 spiro atoms. The minimum absolute atomic E-state index is 0.135. The van der Waals surface area contributed by atoms with Crippen LogP contribution in [0, 0.1) is 5.41 Å². The molecule has 0 aromatic heterocycles. The quantitative estimate of drug-likeness (QED) is 0.561. The topological polar surface area (TPSA) is 21.6 Å². The number of nitrogens with zero attached hydrogens (tertiary/aromatic N) is 1. The van der Waals surface area contributed by atoms with Crippen molar-refractivity contribution in [2.45, 2.75) is 39.5 Å². The van der Waals surface area contributed by atoms with E-state index < -0.39 is 0 Å². The van der Waals surface area contributed by atoms with E-state index >= 15 is 0 Å². The number of aliphatic imine (C=N–C) groups is 1. The molecule has 128 valence electrons. The molecule has 0 radical (unpaired) electrons. The molecule has 2 aromatic carbocycles. The van der Waals surface area contributed by atoms with Crippen LogP contribution in [0.4, 0.5) is 5.69 Å². The predicted molar refractivity (Wildman–Crippen MR) is 104 cm³/mol. The molecule has 2 nitrogen and oxygen atoms in total. The minimum Gasteiger partial charge on any atom is -0.461 e. The molecule has 1 atom stereocenters. The highest BCUT2D eigenvalue weighted by atomic mass is 35.5. The number of para-hydroxylation sites is 1. The minimum atomic E-state index is 0.135. The van der Waals surface area contributed by atoms with E-state index in [-0.39, 0.29) is 5.41 Å². The van der Waals surface area contributed by atoms with Gasteiger partial charge in [-0.3, -0.25) is 4.99 Å². The first-order valence-corrected chi connectivity index (χ1v) is 9.14. The SMILES string of the molecule is C[C@@H]1C2=C(CC(C)(C)CC2=Nc2ccc(Cl)cc2)Oc2ccccc21. The van der Waals surface area contributed by atoms with Crippen molar-refractivity contribution in [2.24, 2.45) is 10.4 Å². The van der Waals surface area contributed by atoms with Gasteiger partial charge in [0.15, 0.2) is 0 Å². The number of halogens is 1. The third-order valence-corrected chi connectivity index (χ3v) is 5.29. The Hall–Kier alpha value is -2.06. The highest BCUT2D eigenvalue weighted by Gasteiger charge is 2.38. The van der Waals surface area contributed by atoms with Gasteiger partial charge in [-0.15, -0.1) is 0 Å². The first kappa shape index (κ1) is 16.4. The zero-order valence-electron chi connectivity index (χ0n) is 14.8. The Morgan fingerprint density at radius 1 is 1.04 bits per heavy atom. The highest BCUT2D eigenvalue weighted by molar-refractivity contribution is 6.30. The number of hydrogen-bond donors (Lipinski definition) is 0. The zero-order valence-corrected chi connectivity index (χ0v) is 15.6. The normalized spacial score (nSPS) is 23.0. The molecule has 4 rings (SSSR count). The molecule has 0 unspecified atom stereocenters. The van der Waals surface area contributed by atoms with Gasteiger partial charge in [0.05, 0.1) is 5.69 Å².